The molecule has 1 heterocycles. The summed E-state index contributed by atoms with van der Waals surface area (Å²) < 4.78 is 6.62. The number of nitriles is 1. The lowest BCUT2D eigenvalue weighted by molar-refractivity contribution is -0.117. The highest BCUT2D eigenvalue weighted by Crippen LogP contribution is 2.16. The minimum Gasteiger partial charge on any atom is -0.385 e. The molecule has 0 saturated carbocycles. The smallest absolute Gasteiger partial charge is 0.261 e. The van der Waals surface area contributed by atoms with Gasteiger partial charge in [0.25, 0.3) is 5.91 Å². The van der Waals surface area contributed by atoms with Crippen molar-refractivity contribution >= 4 is 23.6 Å². The van der Waals surface area contributed by atoms with Crippen molar-refractivity contribution in [2.45, 2.75) is 13.0 Å². The fourth-order valence-corrected chi connectivity index (χ4v) is 2.37. The minimum absolute atomic E-state index is 0.0368. The molecule has 1 N–H and O–H groups in total. The maximum absolute atomic E-state index is 12.0. The van der Waals surface area contributed by atoms with Gasteiger partial charge in [0, 0.05) is 37.0 Å². The van der Waals surface area contributed by atoms with Crippen molar-refractivity contribution in [1.29, 1.82) is 5.26 Å². The van der Waals surface area contributed by atoms with Crippen molar-refractivity contribution in [3.05, 3.63) is 58.4 Å². The zero-order valence-corrected chi connectivity index (χ0v) is 14.7. The fourth-order valence-electron chi connectivity index (χ4n) is 2.17. The number of amides is 1. The van der Waals surface area contributed by atoms with E-state index in [0.29, 0.717) is 36.7 Å². The third-order valence-corrected chi connectivity index (χ3v) is 3.80. The molecule has 0 fully saturated rings. The number of benzene rings is 1. The molecule has 0 radical (unpaired) electrons. The van der Waals surface area contributed by atoms with E-state index in [1.54, 1.807) is 24.2 Å². The Hall–Kier alpha value is -2.62. The van der Waals surface area contributed by atoms with Gasteiger partial charge in [-0.1, -0.05) is 29.8 Å². The van der Waals surface area contributed by atoms with Crippen molar-refractivity contribution in [2.75, 3.05) is 20.3 Å². The van der Waals surface area contributed by atoms with Crippen LogP contribution in [0.25, 0.3) is 6.08 Å². The van der Waals surface area contributed by atoms with Gasteiger partial charge in [0.1, 0.15) is 11.6 Å². The van der Waals surface area contributed by atoms with Crippen molar-refractivity contribution in [3.8, 4) is 6.07 Å². The Morgan fingerprint density at radius 1 is 1.48 bits per heavy atom. The third kappa shape index (κ3) is 5.75. The number of nitrogens with zero attached hydrogens (tertiary/aromatic N) is 3. The molecule has 0 bridgehead atoms. The Morgan fingerprint density at radius 3 is 3.00 bits per heavy atom. The first-order valence-electron chi connectivity index (χ1n) is 7.79. The van der Waals surface area contributed by atoms with Gasteiger partial charge in [0.15, 0.2) is 0 Å². The van der Waals surface area contributed by atoms with Crippen LogP contribution >= 0.6 is 11.6 Å². The van der Waals surface area contributed by atoms with Crippen molar-refractivity contribution in [3.63, 3.8) is 0 Å². The van der Waals surface area contributed by atoms with Gasteiger partial charge in [0.2, 0.25) is 0 Å². The molecule has 130 valence electrons. The number of hydrogen-bond donors (Lipinski definition) is 1. The zero-order valence-electron chi connectivity index (χ0n) is 13.9. The standard InChI is InChI=1S/C18H19ClN4O2/c1-25-8-4-7-21-18(24)16(10-20)9-14-11-22-23(12-14)13-15-5-2-3-6-17(15)19/h2-3,5-6,9,11-12H,4,7-8,13H2,1H3,(H,21,24)/b16-9+. The number of aromatic nitrogens is 2. The van der Waals surface area contributed by atoms with Gasteiger partial charge >= 0.3 is 0 Å². The normalized spacial score (nSPS) is 11.2. The first-order valence-corrected chi connectivity index (χ1v) is 8.16. The summed E-state index contributed by atoms with van der Waals surface area (Å²) in [7, 11) is 1.60. The van der Waals surface area contributed by atoms with Gasteiger partial charge in [0.05, 0.1) is 12.7 Å². The molecule has 7 heteroatoms. The number of carbonyl (C=O) groups excluding carboxylic acids is 1. The highest BCUT2D eigenvalue weighted by Gasteiger charge is 2.09. The lowest BCUT2D eigenvalue weighted by Gasteiger charge is -2.04. The molecule has 1 aromatic carbocycles. The molecular formula is C18H19ClN4O2. The first kappa shape index (κ1) is 18.7. The SMILES string of the molecule is COCCCNC(=O)/C(C#N)=C/c1cnn(Cc2ccccc2Cl)c1. The van der Waals surface area contributed by atoms with Crippen LogP contribution in [0.3, 0.4) is 0 Å². The predicted molar refractivity (Wildman–Crippen MR) is 95.9 cm³/mol. The Bertz CT molecular complexity index is 792. The third-order valence-electron chi connectivity index (χ3n) is 3.43. The quantitative estimate of drug-likeness (QED) is 0.447. The van der Waals surface area contributed by atoms with E-state index < -0.39 is 5.91 Å². The van der Waals surface area contributed by atoms with Gasteiger partial charge in [-0.15, -0.1) is 0 Å². The Morgan fingerprint density at radius 2 is 2.28 bits per heavy atom. The van der Waals surface area contributed by atoms with E-state index in [1.807, 2.05) is 30.3 Å². The number of halogens is 1. The van der Waals surface area contributed by atoms with Crippen LogP contribution in [0.4, 0.5) is 0 Å². The molecule has 0 aliphatic carbocycles. The molecule has 25 heavy (non-hydrogen) atoms. The zero-order chi connectivity index (χ0) is 18.1. The molecule has 2 aromatic rings. The average Bonchev–Trinajstić information content (AvgIpc) is 3.05. The number of hydrogen-bond acceptors (Lipinski definition) is 4. The van der Waals surface area contributed by atoms with Crippen LogP contribution < -0.4 is 5.32 Å². The van der Waals surface area contributed by atoms with Gasteiger partial charge in [-0.05, 0) is 24.1 Å². The lowest BCUT2D eigenvalue weighted by Crippen LogP contribution is -2.26. The van der Waals surface area contributed by atoms with E-state index in [1.165, 1.54) is 6.08 Å². The van der Waals surface area contributed by atoms with E-state index in [0.717, 1.165) is 5.56 Å². The van der Waals surface area contributed by atoms with Gasteiger partial charge in [-0.2, -0.15) is 10.4 Å². The minimum atomic E-state index is -0.405. The maximum Gasteiger partial charge on any atom is 0.261 e. The van der Waals surface area contributed by atoms with E-state index in [2.05, 4.69) is 10.4 Å². The largest absolute Gasteiger partial charge is 0.385 e. The monoisotopic (exact) mass is 358 g/mol. The Labute approximate surface area is 151 Å². The number of nitrogens with one attached hydrogen (secondary N) is 1. The summed E-state index contributed by atoms with van der Waals surface area (Å²) in [6, 6.07) is 9.44. The van der Waals surface area contributed by atoms with Crippen LogP contribution in [0.15, 0.2) is 42.2 Å². The fraction of sp³-hybridized carbons (Fsp3) is 0.278. The van der Waals surface area contributed by atoms with E-state index in [-0.39, 0.29) is 5.57 Å². The molecule has 2 rings (SSSR count). The van der Waals surface area contributed by atoms with E-state index >= 15 is 0 Å². The average molecular weight is 359 g/mol. The highest BCUT2D eigenvalue weighted by atomic mass is 35.5. The van der Waals surface area contributed by atoms with Gasteiger partial charge < -0.3 is 10.1 Å². The van der Waals surface area contributed by atoms with Gasteiger partial charge in [-0.3, -0.25) is 9.48 Å². The van der Waals surface area contributed by atoms with Gasteiger partial charge in [-0.25, -0.2) is 0 Å². The van der Waals surface area contributed by atoms with Crippen LogP contribution in [0.5, 0.6) is 0 Å². The summed E-state index contributed by atoms with van der Waals surface area (Å²) >= 11 is 6.14. The van der Waals surface area contributed by atoms with E-state index in [4.69, 9.17) is 16.3 Å². The van der Waals surface area contributed by atoms with Crippen LogP contribution in [-0.4, -0.2) is 35.9 Å². The second kappa shape index (κ2) is 9.62. The number of rotatable bonds is 8. The van der Waals surface area contributed by atoms with Crippen LogP contribution in [-0.2, 0) is 16.1 Å². The van der Waals surface area contributed by atoms with Crippen LogP contribution in [0.1, 0.15) is 17.5 Å². The molecule has 0 spiro atoms. The van der Waals surface area contributed by atoms with E-state index in [9.17, 15) is 10.1 Å². The summed E-state index contributed by atoms with van der Waals surface area (Å²) in [6.07, 6.45) is 5.57. The lowest BCUT2D eigenvalue weighted by atomic mass is 10.2. The number of ether oxygens (including phenoxy) is 1. The molecule has 1 amide bonds. The first-order chi connectivity index (χ1) is 12.1. The molecule has 0 atom stereocenters. The molecule has 1 aromatic heterocycles. The molecule has 0 unspecified atom stereocenters. The second-order valence-corrected chi connectivity index (χ2v) is 5.74. The summed E-state index contributed by atoms with van der Waals surface area (Å²) in [4.78, 5) is 12.0. The maximum atomic E-state index is 12.0. The Balaban J connectivity index is 2.02. The van der Waals surface area contributed by atoms with Crippen molar-refractivity contribution in [1.82, 2.24) is 15.1 Å². The molecule has 0 aliphatic heterocycles. The Kier molecular flexibility index (Phi) is 7.20. The van der Waals surface area contributed by atoms with Crippen LogP contribution in [0.2, 0.25) is 5.02 Å². The van der Waals surface area contributed by atoms with Crippen LogP contribution in [0, 0.1) is 11.3 Å². The van der Waals surface area contributed by atoms with Crippen molar-refractivity contribution < 1.29 is 9.53 Å². The number of methoxy groups -OCH3 is 1. The molecule has 6 nitrogen and oxygen atoms in total. The number of carbonyl (C=O) groups is 1. The summed E-state index contributed by atoms with van der Waals surface area (Å²) in [5.41, 5.74) is 1.66. The predicted octanol–water partition coefficient (Wildman–Crippen LogP) is 2.64. The molecule has 0 saturated heterocycles. The topological polar surface area (TPSA) is 79.9 Å². The summed E-state index contributed by atoms with van der Waals surface area (Å²) in [6.45, 7) is 1.52. The highest BCUT2D eigenvalue weighted by molar-refractivity contribution is 6.31. The second-order valence-electron chi connectivity index (χ2n) is 5.33. The molecule has 0 aliphatic rings. The molecular weight excluding hydrogens is 340 g/mol. The van der Waals surface area contributed by atoms with Crippen molar-refractivity contribution in [2.24, 2.45) is 0 Å². The summed E-state index contributed by atoms with van der Waals surface area (Å²) in [5, 5.41) is 16.8. The summed E-state index contributed by atoms with van der Waals surface area (Å²) in [5.74, 6) is -0.405.